The van der Waals surface area contributed by atoms with Gasteiger partial charge in [0.15, 0.2) is 0 Å². The van der Waals surface area contributed by atoms with Crippen LogP contribution in [0.15, 0.2) is 34.1 Å². The molecule has 1 N–H and O–H groups in total. The molecular weight excluding hydrogens is 392 g/mol. The summed E-state index contributed by atoms with van der Waals surface area (Å²) in [4.78, 5) is 13.0. The van der Waals surface area contributed by atoms with Gasteiger partial charge in [0.1, 0.15) is 22.6 Å². The number of ether oxygens (including phenoxy) is 2. The van der Waals surface area contributed by atoms with Crippen LogP contribution in [0.4, 0.5) is 5.82 Å². The lowest BCUT2D eigenvalue weighted by Crippen LogP contribution is -2.29. The Morgan fingerprint density at radius 3 is 2.41 bits per heavy atom. The van der Waals surface area contributed by atoms with Gasteiger partial charge in [-0.1, -0.05) is 0 Å². The van der Waals surface area contributed by atoms with Gasteiger partial charge in [-0.2, -0.15) is 0 Å². The standard InChI is InChI=1S/C21H28N2O5S/c1-13(2)23-15(4)14(3)19(20(23)22-21(24)18-7-6-12-28-18)29(25,26)17-10-8-16(27-5)9-11-17/h8-11,13,18H,6-7,12H2,1-5H3,(H,22,24). The Bertz CT molecular complexity index is 1000. The van der Waals surface area contributed by atoms with Gasteiger partial charge >= 0.3 is 0 Å². The molecule has 8 heteroatoms. The molecule has 1 atom stereocenters. The summed E-state index contributed by atoms with van der Waals surface area (Å²) in [6.07, 6.45) is 0.896. The molecule has 1 fully saturated rings. The molecule has 2 aromatic rings. The maximum Gasteiger partial charge on any atom is 0.254 e. The molecule has 158 valence electrons. The fourth-order valence-electron chi connectivity index (χ4n) is 3.75. The lowest BCUT2D eigenvalue weighted by atomic mass is 10.2. The number of benzene rings is 1. The molecule has 1 amide bonds. The van der Waals surface area contributed by atoms with Crippen molar-refractivity contribution < 1.29 is 22.7 Å². The number of carbonyl (C=O) groups is 1. The fraction of sp³-hybridized carbons (Fsp3) is 0.476. The number of amides is 1. The van der Waals surface area contributed by atoms with E-state index in [4.69, 9.17) is 9.47 Å². The summed E-state index contributed by atoms with van der Waals surface area (Å²) in [7, 11) is -2.34. The van der Waals surface area contributed by atoms with Crippen molar-refractivity contribution in [3.05, 3.63) is 35.5 Å². The third kappa shape index (κ3) is 3.91. The third-order valence-electron chi connectivity index (χ3n) is 5.32. The van der Waals surface area contributed by atoms with Crippen molar-refractivity contribution in [1.29, 1.82) is 0 Å². The SMILES string of the molecule is COc1ccc(S(=O)(=O)c2c(C)c(C)n(C(C)C)c2NC(=O)C2CCCO2)cc1. The van der Waals surface area contributed by atoms with Gasteiger partial charge in [0.05, 0.1) is 12.0 Å². The van der Waals surface area contributed by atoms with Crippen molar-refractivity contribution in [1.82, 2.24) is 4.57 Å². The Hall–Kier alpha value is -2.32. The highest BCUT2D eigenvalue weighted by Crippen LogP contribution is 2.37. The highest BCUT2D eigenvalue weighted by molar-refractivity contribution is 7.91. The number of nitrogens with one attached hydrogen (secondary N) is 1. The Labute approximate surface area is 171 Å². The minimum Gasteiger partial charge on any atom is -0.497 e. The number of methoxy groups -OCH3 is 1. The molecule has 1 aliphatic heterocycles. The maximum atomic E-state index is 13.5. The summed E-state index contributed by atoms with van der Waals surface area (Å²) < 4.78 is 39.5. The number of anilines is 1. The van der Waals surface area contributed by atoms with Crippen molar-refractivity contribution >= 4 is 21.6 Å². The topological polar surface area (TPSA) is 86.6 Å². The number of nitrogens with zero attached hydrogens (tertiary/aromatic N) is 1. The van der Waals surface area contributed by atoms with Gasteiger partial charge < -0.3 is 19.4 Å². The monoisotopic (exact) mass is 420 g/mol. The van der Waals surface area contributed by atoms with Crippen LogP contribution in [0.3, 0.4) is 0 Å². The van der Waals surface area contributed by atoms with Crippen molar-refractivity contribution in [2.75, 3.05) is 19.0 Å². The first-order valence-electron chi connectivity index (χ1n) is 9.71. The number of rotatable bonds is 6. The van der Waals surface area contributed by atoms with E-state index in [2.05, 4.69) is 5.32 Å². The first kappa shape index (κ1) is 21.4. The van der Waals surface area contributed by atoms with E-state index in [0.717, 1.165) is 12.1 Å². The molecule has 1 saturated heterocycles. The quantitative estimate of drug-likeness (QED) is 0.771. The van der Waals surface area contributed by atoms with Crippen molar-refractivity contribution in [2.24, 2.45) is 0 Å². The zero-order chi connectivity index (χ0) is 21.3. The Kier molecular flexibility index (Phi) is 6.05. The summed E-state index contributed by atoms with van der Waals surface area (Å²) in [6, 6.07) is 6.22. The van der Waals surface area contributed by atoms with E-state index in [1.807, 2.05) is 25.3 Å². The van der Waals surface area contributed by atoms with Gasteiger partial charge in [0, 0.05) is 18.3 Å². The van der Waals surface area contributed by atoms with Crippen LogP contribution < -0.4 is 10.1 Å². The van der Waals surface area contributed by atoms with Gasteiger partial charge in [-0.05, 0) is 70.4 Å². The van der Waals surface area contributed by atoms with Gasteiger partial charge in [-0.15, -0.1) is 0 Å². The molecule has 1 aliphatic rings. The van der Waals surface area contributed by atoms with Crippen LogP contribution in [0, 0.1) is 13.8 Å². The molecule has 29 heavy (non-hydrogen) atoms. The van der Waals surface area contributed by atoms with Crippen LogP contribution in [0.1, 0.15) is 44.0 Å². The average molecular weight is 421 g/mol. The number of aromatic nitrogens is 1. The van der Waals surface area contributed by atoms with E-state index in [1.54, 1.807) is 19.1 Å². The first-order chi connectivity index (χ1) is 13.7. The minimum atomic E-state index is -3.86. The van der Waals surface area contributed by atoms with E-state index in [9.17, 15) is 13.2 Å². The molecule has 1 unspecified atom stereocenters. The second-order valence-corrected chi connectivity index (χ2v) is 9.41. The maximum absolute atomic E-state index is 13.5. The zero-order valence-corrected chi connectivity index (χ0v) is 18.3. The molecule has 0 radical (unpaired) electrons. The second kappa shape index (κ2) is 8.20. The van der Waals surface area contributed by atoms with Crippen molar-refractivity contribution in [2.45, 2.75) is 62.5 Å². The van der Waals surface area contributed by atoms with Crippen molar-refractivity contribution in [3.8, 4) is 5.75 Å². The summed E-state index contributed by atoms with van der Waals surface area (Å²) in [5.41, 5.74) is 1.42. The second-order valence-electron chi connectivity index (χ2n) is 7.52. The summed E-state index contributed by atoms with van der Waals surface area (Å²) in [5.74, 6) is 0.558. The molecule has 0 bridgehead atoms. The zero-order valence-electron chi connectivity index (χ0n) is 17.5. The molecule has 1 aromatic heterocycles. The molecule has 3 rings (SSSR count). The fourth-order valence-corrected chi connectivity index (χ4v) is 5.43. The predicted octanol–water partition coefficient (Wildman–Crippen LogP) is 3.64. The van der Waals surface area contributed by atoms with Gasteiger partial charge in [-0.3, -0.25) is 4.79 Å². The third-order valence-corrected chi connectivity index (χ3v) is 7.25. The lowest BCUT2D eigenvalue weighted by molar-refractivity contribution is -0.124. The normalized spacial score (nSPS) is 17.0. The number of sulfone groups is 1. The van der Waals surface area contributed by atoms with Crippen LogP contribution in [0.25, 0.3) is 0 Å². The van der Waals surface area contributed by atoms with Crippen LogP contribution in [0.5, 0.6) is 5.75 Å². The van der Waals surface area contributed by atoms with E-state index < -0.39 is 15.9 Å². The predicted molar refractivity (Wildman–Crippen MR) is 110 cm³/mol. The summed E-state index contributed by atoms with van der Waals surface area (Å²) in [6.45, 7) is 8.09. The summed E-state index contributed by atoms with van der Waals surface area (Å²) >= 11 is 0. The molecule has 1 aromatic carbocycles. The first-order valence-corrected chi connectivity index (χ1v) is 11.2. The van der Waals surface area contributed by atoms with Crippen LogP contribution in [0.2, 0.25) is 0 Å². The van der Waals surface area contributed by atoms with Gasteiger partial charge in [-0.25, -0.2) is 8.42 Å². The van der Waals surface area contributed by atoms with E-state index in [1.165, 1.54) is 19.2 Å². The van der Waals surface area contributed by atoms with Crippen LogP contribution in [-0.2, 0) is 19.4 Å². The highest BCUT2D eigenvalue weighted by Gasteiger charge is 2.33. The molecule has 0 spiro atoms. The van der Waals surface area contributed by atoms with E-state index in [-0.39, 0.29) is 21.7 Å². The number of hydrogen-bond donors (Lipinski definition) is 1. The smallest absolute Gasteiger partial charge is 0.254 e. The lowest BCUT2D eigenvalue weighted by Gasteiger charge is -2.19. The Morgan fingerprint density at radius 2 is 1.90 bits per heavy atom. The average Bonchev–Trinajstić information content (AvgIpc) is 3.29. The molecular formula is C21H28N2O5S. The Morgan fingerprint density at radius 1 is 1.24 bits per heavy atom. The van der Waals surface area contributed by atoms with Crippen molar-refractivity contribution in [3.63, 3.8) is 0 Å². The van der Waals surface area contributed by atoms with Crippen LogP contribution >= 0.6 is 0 Å². The Balaban J connectivity index is 2.13. The largest absolute Gasteiger partial charge is 0.497 e. The van der Waals surface area contributed by atoms with E-state index >= 15 is 0 Å². The van der Waals surface area contributed by atoms with Gasteiger partial charge in [0.25, 0.3) is 5.91 Å². The van der Waals surface area contributed by atoms with Crippen LogP contribution in [-0.4, -0.2) is 38.7 Å². The molecule has 2 heterocycles. The molecule has 7 nitrogen and oxygen atoms in total. The highest BCUT2D eigenvalue weighted by atomic mass is 32.2. The summed E-state index contributed by atoms with van der Waals surface area (Å²) in [5, 5.41) is 2.86. The van der Waals surface area contributed by atoms with E-state index in [0.29, 0.717) is 30.2 Å². The number of carbonyl (C=O) groups excluding carboxylic acids is 1. The number of hydrogen-bond acceptors (Lipinski definition) is 5. The van der Waals surface area contributed by atoms with Gasteiger partial charge in [0.2, 0.25) is 9.84 Å². The molecule has 0 saturated carbocycles. The minimum absolute atomic E-state index is 0.0340. The molecule has 0 aliphatic carbocycles.